The molecule has 1 aromatic carbocycles. The minimum absolute atomic E-state index is 0.0732. The van der Waals surface area contributed by atoms with Gasteiger partial charge in [0.05, 0.1) is 12.2 Å². The van der Waals surface area contributed by atoms with Gasteiger partial charge in [0.25, 0.3) is 5.91 Å². The highest BCUT2D eigenvalue weighted by Gasteiger charge is 2.25. The Labute approximate surface area is 177 Å². The highest BCUT2D eigenvalue weighted by atomic mass is 32.2. The van der Waals surface area contributed by atoms with Gasteiger partial charge in [0.2, 0.25) is 10.0 Å². The van der Waals surface area contributed by atoms with E-state index in [0.717, 1.165) is 12.8 Å². The molecule has 2 aromatic rings. The van der Waals surface area contributed by atoms with E-state index in [9.17, 15) is 18.0 Å². The van der Waals surface area contributed by atoms with Crippen LogP contribution in [0.25, 0.3) is 0 Å². The van der Waals surface area contributed by atoms with Crippen molar-refractivity contribution in [3.8, 4) is 0 Å². The first kappa shape index (κ1) is 23.6. The van der Waals surface area contributed by atoms with Crippen LogP contribution in [-0.2, 0) is 21.8 Å². The number of benzene rings is 1. The van der Waals surface area contributed by atoms with Crippen LogP contribution in [0.5, 0.6) is 0 Å². The van der Waals surface area contributed by atoms with Crippen molar-refractivity contribution in [2.75, 3.05) is 25.0 Å². The van der Waals surface area contributed by atoms with Gasteiger partial charge in [-0.05, 0) is 36.8 Å². The molecule has 1 aromatic heterocycles. The standard InChI is InChI=1S/C21H29N3O5S/c1-5-8-13-29-21(26)16-9-11-17(12-10-16)22-20(25)19-14-18(15-23(19)4)30(27,28)24(6-2)7-3/h9-12,14-15H,5-8,13H2,1-4H3,(H,22,25). The van der Waals surface area contributed by atoms with Gasteiger partial charge in [0, 0.05) is 32.0 Å². The number of carbonyl (C=O) groups excluding carboxylic acids is 2. The maximum Gasteiger partial charge on any atom is 0.338 e. The van der Waals surface area contributed by atoms with E-state index in [1.165, 1.54) is 21.1 Å². The topological polar surface area (TPSA) is 97.7 Å². The van der Waals surface area contributed by atoms with Gasteiger partial charge in [0.1, 0.15) is 10.6 Å². The molecule has 0 fully saturated rings. The summed E-state index contributed by atoms with van der Waals surface area (Å²) in [6.07, 6.45) is 3.18. The van der Waals surface area contributed by atoms with Crippen LogP contribution in [0.3, 0.4) is 0 Å². The summed E-state index contributed by atoms with van der Waals surface area (Å²) in [4.78, 5) is 24.7. The molecule has 0 saturated carbocycles. The minimum atomic E-state index is -3.65. The summed E-state index contributed by atoms with van der Waals surface area (Å²) in [6, 6.07) is 7.72. The number of esters is 1. The number of ether oxygens (including phenoxy) is 1. The monoisotopic (exact) mass is 435 g/mol. The van der Waals surface area contributed by atoms with Crippen molar-refractivity contribution < 1.29 is 22.7 Å². The van der Waals surface area contributed by atoms with E-state index in [-0.39, 0.29) is 10.6 Å². The molecule has 1 N–H and O–H groups in total. The summed E-state index contributed by atoms with van der Waals surface area (Å²) in [6.45, 7) is 6.62. The summed E-state index contributed by atoms with van der Waals surface area (Å²) in [5, 5.41) is 2.72. The average Bonchev–Trinajstić information content (AvgIpc) is 3.12. The molecule has 1 heterocycles. The number of unbranched alkanes of at least 4 members (excludes halogenated alkanes) is 1. The Kier molecular flexibility index (Phi) is 8.19. The molecule has 30 heavy (non-hydrogen) atoms. The minimum Gasteiger partial charge on any atom is -0.462 e. The Balaban J connectivity index is 2.11. The van der Waals surface area contributed by atoms with Crippen LogP contribution in [0.2, 0.25) is 0 Å². The first-order valence-electron chi connectivity index (χ1n) is 9.99. The summed E-state index contributed by atoms with van der Waals surface area (Å²) in [7, 11) is -2.04. The fourth-order valence-electron chi connectivity index (χ4n) is 2.89. The Bertz CT molecular complexity index is 977. The Hall–Kier alpha value is -2.65. The predicted octanol–water partition coefficient (Wildman–Crippen LogP) is 3.26. The van der Waals surface area contributed by atoms with Crippen molar-refractivity contribution in [2.45, 2.75) is 38.5 Å². The quantitative estimate of drug-likeness (QED) is 0.456. The number of aromatic nitrogens is 1. The van der Waals surface area contributed by atoms with Gasteiger partial charge in [0.15, 0.2) is 0 Å². The maximum atomic E-state index is 12.7. The van der Waals surface area contributed by atoms with Crippen molar-refractivity contribution in [3.63, 3.8) is 0 Å². The van der Waals surface area contributed by atoms with Crippen LogP contribution in [0.1, 0.15) is 54.5 Å². The first-order valence-corrected chi connectivity index (χ1v) is 11.4. The molecule has 0 bridgehead atoms. The molecule has 2 rings (SSSR count). The van der Waals surface area contributed by atoms with Crippen LogP contribution >= 0.6 is 0 Å². The highest BCUT2D eigenvalue weighted by Crippen LogP contribution is 2.20. The Morgan fingerprint density at radius 1 is 1.10 bits per heavy atom. The largest absolute Gasteiger partial charge is 0.462 e. The Morgan fingerprint density at radius 2 is 1.73 bits per heavy atom. The molecular formula is C21H29N3O5S. The molecule has 0 unspecified atom stereocenters. The van der Waals surface area contributed by atoms with E-state index in [2.05, 4.69) is 5.32 Å². The zero-order chi connectivity index (χ0) is 22.3. The summed E-state index contributed by atoms with van der Waals surface area (Å²) >= 11 is 0. The zero-order valence-electron chi connectivity index (χ0n) is 17.8. The fraction of sp³-hybridized carbons (Fsp3) is 0.429. The number of nitrogens with zero attached hydrogens (tertiary/aromatic N) is 2. The molecular weight excluding hydrogens is 406 g/mol. The van der Waals surface area contributed by atoms with Gasteiger partial charge in [-0.1, -0.05) is 27.2 Å². The maximum absolute atomic E-state index is 12.7. The molecule has 0 saturated heterocycles. The highest BCUT2D eigenvalue weighted by molar-refractivity contribution is 7.89. The lowest BCUT2D eigenvalue weighted by atomic mass is 10.2. The molecule has 1 amide bonds. The molecule has 9 heteroatoms. The third kappa shape index (κ3) is 5.48. The van der Waals surface area contributed by atoms with Crippen molar-refractivity contribution >= 4 is 27.6 Å². The number of hydrogen-bond donors (Lipinski definition) is 1. The molecule has 0 spiro atoms. The van der Waals surface area contributed by atoms with Crippen LogP contribution < -0.4 is 5.32 Å². The molecule has 0 aliphatic heterocycles. The summed E-state index contributed by atoms with van der Waals surface area (Å²) in [5.74, 6) is -0.855. The van der Waals surface area contributed by atoms with E-state index in [0.29, 0.717) is 30.9 Å². The summed E-state index contributed by atoms with van der Waals surface area (Å²) < 4.78 is 33.3. The van der Waals surface area contributed by atoms with E-state index in [1.807, 2.05) is 6.92 Å². The number of amides is 1. The van der Waals surface area contributed by atoms with Gasteiger partial charge in [-0.3, -0.25) is 4.79 Å². The predicted molar refractivity (Wildman–Crippen MR) is 115 cm³/mol. The van der Waals surface area contributed by atoms with Gasteiger partial charge in [-0.15, -0.1) is 0 Å². The first-order chi connectivity index (χ1) is 14.2. The normalized spacial score (nSPS) is 11.5. The van der Waals surface area contributed by atoms with Crippen LogP contribution in [0.15, 0.2) is 41.4 Å². The molecule has 0 aliphatic rings. The molecule has 164 valence electrons. The smallest absolute Gasteiger partial charge is 0.338 e. The number of rotatable bonds is 10. The third-order valence-electron chi connectivity index (χ3n) is 4.67. The second kappa shape index (κ2) is 10.4. The van der Waals surface area contributed by atoms with Crippen molar-refractivity contribution in [3.05, 3.63) is 47.8 Å². The fourth-order valence-corrected chi connectivity index (χ4v) is 4.42. The van der Waals surface area contributed by atoms with Gasteiger partial charge >= 0.3 is 5.97 Å². The number of sulfonamides is 1. The van der Waals surface area contributed by atoms with Crippen molar-refractivity contribution in [1.82, 2.24) is 8.87 Å². The van der Waals surface area contributed by atoms with Crippen LogP contribution in [0, 0.1) is 0 Å². The molecule has 8 nitrogen and oxygen atoms in total. The van der Waals surface area contributed by atoms with Gasteiger partial charge < -0.3 is 14.6 Å². The van der Waals surface area contributed by atoms with E-state index < -0.39 is 21.9 Å². The van der Waals surface area contributed by atoms with Crippen LogP contribution in [-0.4, -0.2) is 48.9 Å². The third-order valence-corrected chi connectivity index (χ3v) is 6.68. The van der Waals surface area contributed by atoms with E-state index >= 15 is 0 Å². The van der Waals surface area contributed by atoms with Crippen molar-refractivity contribution in [1.29, 1.82) is 0 Å². The van der Waals surface area contributed by atoms with E-state index in [1.54, 1.807) is 45.2 Å². The Morgan fingerprint density at radius 3 is 2.30 bits per heavy atom. The van der Waals surface area contributed by atoms with Crippen LogP contribution in [0.4, 0.5) is 5.69 Å². The lowest BCUT2D eigenvalue weighted by Gasteiger charge is -2.17. The number of carbonyl (C=O) groups is 2. The van der Waals surface area contributed by atoms with Gasteiger partial charge in [-0.25, -0.2) is 13.2 Å². The average molecular weight is 436 g/mol. The molecule has 0 atom stereocenters. The second-order valence-corrected chi connectivity index (χ2v) is 8.72. The zero-order valence-corrected chi connectivity index (χ0v) is 18.7. The lowest BCUT2D eigenvalue weighted by molar-refractivity contribution is 0.0499. The summed E-state index contributed by atoms with van der Waals surface area (Å²) in [5.41, 5.74) is 1.10. The van der Waals surface area contributed by atoms with E-state index in [4.69, 9.17) is 4.74 Å². The molecule has 0 aliphatic carbocycles. The lowest BCUT2D eigenvalue weighted by Crippen LogP contribution is -2.30. The number of hydrogen-bond acceptors (Lipinski definition) is 5. The number of aryl methyl sites for hydroxylation is 1. The number of nitrogens with one attached hydrogen (secondary N) is 1. The SMILES string of the molecule is CCCCOC(=O)c1ccc(NC(=O)c2cc(S(=O)(=O)N(CC)CC)cn2C)cc1. The second-order valence-electron chi connectivity index (χ2n) is 6.78. The molecule has 0 radical (unpaired) electrons. The van der Waals surface area contributed by atoms with Gasteiger partial charge in [-0.2, -0.15) is 4.31 Å². The van der Waals surface area contributed by atoms with Crippen molar-refractivity contribution in [2.24, 2.45) is 7.05 Å². The number of anilines is 1.